The van der Waals surface area contributed by atoms with Gasteiger partial charge in [-0.3, -0.25) is 19.2 Å². The summed E-state index contributed by atoms with van der Waals surface area (Å²) in [6, 6.07) is 18.0. The number of Topliss-reactive ketones (excluding diaryl/α,β-unsaturated/α-hetero) is 4. The molecule has 13 heteroatoms. The number of aliphatic hydroxyl groups is 1. The molecular formula is C54H68Br4MgO8. The standard InChI is InChI=1S/C16H19BrO2.C15H17BrO2.C14H13BrO2.2C4H8O.CH3.BrH.Mg/c1-15(19-2)5-7-16(8-6-15)10-11-3-4-12(17)9-13(11)14(16)18;1-14(18)4-6-15(7-5-14)9-10-2-3-11(16)8-12(10)13(15)17;15-10-2-1-9-8-14(13(17)12(9)7-10)5-3-11(16)4-6-14;2*1-2-4-5-3-1;;;/h3-4,9H,5-8,10H2,1-2H3;2-3,8,18H,4-7,9H2,1H3;1-2,7H,3-6,8H2;2*1-4H2;1H3;1H;/q;;;;;-1;;+2/p-1. The molecule has 5 fully saturated rings. The number of hydrogen-bond donors (Lipinski definition) is 1. The van der Waals surface area contributed by atoms with Crippen LogP contribution in [-0.4, -0.2) is 96.0 Å². The topological polar surface area (TPSA) is 116 Å². The maximum atomic E-state index is 12.8. The van der Waals surface area contributed by atoms with Crippen LogP contribution in [0.2, 0.25) is 0 Å². The van der Waals surface area contributed by atoms with E-state index in [1.54, 1.807) is 7.11 Å². The van der Waals surface area contributed by atoms with Gasteiger partial charge in [0.25, 0.3) is 0 Å². The molecule has 3 saturated carbocycles. The van der Waals surface area contributed by atoms with Gasteiger partial charge in [-0.25, -0.2) is 0 Å². The van der Waals surface area contributed by atoms with Crippen molar-refractivity contribution in [2.24, 2.45) is 16.2 Å². The van der Waals surface area contributed by atoms with Gasteiger partial charge >= 0.3 is 23.1 Å². The van der Waals surface area contributed by atoms with Crippen LogP contribution in [0.3, 0.4) is 0 Å². The molecule has 3 spiro atoms. The Bertz CT molecular complexity index is 2160. The summed E-state index contributed by atoms with van der Waals surface area (Å²) in [5.41, 5.74) is 4.92. The van der Waals surface area contributed by atoms with Crippen molar-refractivity contribution < 1.29 is 55.5 Å². The fourth-order valence-corrected chi connectivity index (χ4v) is 12.0. The van der Waals surface area contributed by atoms with E-state index < -0.39 is 5.60 Å². The summed E-state index contributed by atoms with van der Waals surface area (Å²) in [7, 11) is 1.78. The molecule has 2 heterocycles. The van der Waals surface area contributed by atoms with Crippen molar-refractivity contribution in [3.63, 3.8) is 0 Å². The van der Waals surface area contributed by atoms with Crippen molar-refractivity contribution in [1.82, 2.24) is 0 Å². The Morgan fingerprint density at radius 3 is 1.13 bits per heavy atom. The number of hydrogen-bond acceptors (Lipinski definition) is 8. The fourth-order valence-electron chi connectivity index (χ4n) is 10.9. The monoisotopic (exact) mass is 1180 g/mol. The van der Waals surface area contributed by atoms with Gasteiger partial charge in [0, 0.05) is 92.7 Å². The molecule has 0 aromatic heterocycles. The summed E-state index contributed by atoms with van der Waals surface area (Å²) in [5, 5.41) is 10.0. The SMILES string of the molecule is C1CCOC1.C1CCOC1.CC1(O)CCC2(CC1)Cc1ccc(Br)cc1C2=O.COC1(C)CCC2(CC1)Cc1ccc(Br)cc1C2=O.O=C1CCC2(CC1)Cc1ccc(Br)cc1C2=O.[Br-].[CH3-].[Mg+2]. The second-order valence-corrected chi connectivity index (χ2v) is 22.8. The smallest absolute Gasteiger partial charge is 1.00 e. The summed E-state index contributed by atoms with van der Waals surface area (Å²) >= 11 is 10.3. The first-order chi connectivity index (χ1) is 30.5. The predicted octanol–water partition coefficient (Wildman–Crippen LogP) is 9.64. The van der Waals surface area contributed by atoms with Crippen molar-refractivity contribution in [3.05, 3.63) is 109 Å². The van der Waals surface area contributed by atoms with E-state index in [1.165, 1.54) is 36.8 Å². The molecule has 2 saturated heterocycles. The first kappa shape index (κ1) is 58.4. The molecule has 8 aliphatic rings. The summed E-state index contributed by atoms with van der Waals surface area (Å²) in [6.45, 7) is 8.03. The number of halogens is 4. The van der Waals surface area contributed by atoms with Crippen LogP contribution in [0, 0.1) is 23.7 Å². The van der Waals surface area contributed by atoms with E-state index in [1.807, 2.05) is 49.4 Å². The quantitative estimate of drug-likeness (QED) is 0.189. The molecule has 3 aromatic rings. The van der Waals surface area contributed by atoms with Crippen molar-refractivity contribution in [2.75, 3.05) is 33.5 Å². The molecule has 8 nitrogen and oxygen atoms in total. The Morgan fingerprint density at radius 2 is 0.836 bits per heavy atom. The molecule has 11 rings (SSSR count). The molecule has 362 valence electrons. The van der Waals surface area contributed by atoms with E-state index in [0.717, 1.165) is 146 Å². The Kier molecular flexibility index (Phi) is 21.8. The minimum atomic E-state index is -0.582. The number of ketones is 4. The molecule has 67 heavy (non-hydrogen) atoms. The fraction of sp³-hybridized carbons (Fsp3) is 0.574. The van der Waals surface area contributed by atoms with Crippen molar-refractivity contribution >= 4 is 94.0 Å². The molecule has 6 aliphatic carbocycles. The van der Waals surface area contributed by atoms with Gasteiger partial charge < -0.3 is 43.7 Å². The van der Waals surface area contributed by atoms with E-state index >= 15 is 0 Å². The van der Waals surface area contributed by atoms with Crippen LogP contribution < -0.4 is 17.0 Å². The zero-order valence-corrected chi connectivity index (χ0v) is 47.7. The number of ether oxygens (including phenoxy) is 3. The normalized spacial score (nSPS) is 28.1. The number of carbonyl (C=O) groups is 4. The zero-order valence-electron chi connectivity index (χ0n) is 40.0. The van der Waals surface area contributed by atoms with Crippen molar-refractivity contribution in [1.29, 1.82) is 0 Å². The summed E-state index contributed by atoms with van der Waals surface area (Å²) < 4.78 is 18.4. The van der Waals surface area contributed by atoms with Gasteiger partial charge in [0.2, 0.25) is 0 Å². The molecule has 2 aliphatic heterocycles. The minimum absolute atomic E-state index is 0. The summed E-state index contributed by atoms with van der Waals surface area (Å²) in [4.78, 5) is 49.2. The average Bonchev–Trinajstić information content (AvgIpc) is 4.16. The van der Waals surface area contributed by atoms with Crippen LogP contribution in [-0.2, 0) is 38.3 Å². The van der Waals surface area contributed by atoms with E-state index in [2.05, 4.69) is 66.8 Å². The second kappa shape index (κ2) is 25.0. The number of fused-ring (bicyclic) bond motifs is 3. The van der Waals surface area contributed by atoms with Gasteiger partial charge in [0.1, 0.15) is 5.78 Å². The third-order valence-corrected chi connectivity index (χ3v) is 16.9. The Morgan fingerprint density at radius 1 is 0.522 bits per heavy atom. The largest absolute Gasteiger partial charge is 2.00 e. The minimum Gasteiger partial charge on any atom is -1.00 e. The van der Waals surface area contributed by atoms with Gasteiger partial charge in [-0.2, -0.15) is 0 Å². The summed E-state index contributed by atoms with van der Waals surface area (Å²) in [5.74, 6) is 1.19. The first-order valence-electron chi connectivity index (χ1n) is 23.5. The van der Waals surface area contributed by atoms with E-state index in [9.17, 15) is 24.3 Å². The molecule has 0 bridgehead atoms. The molecule has 1 N–H and O–H groups in total. The first-order valence-corrected chi connectivity index (χ1v) is 25.8. The van der Waals surface area contributed by atoms with E-state index in [-0.39, 0.29) is 80.9 Å². The number of methoxy groups -OCH3 is 1. The Labute approximate surface area is 451 Å². The molecule has 3 aromatic carbocycles. The van der Waals surface area contributed by atoms with Crippen LogP contribution in [0.1, 0.15) is 164 Å². The molecule has 0 radical (unpaired) electrons. The van der Waals surface area contributed by atoms with Crippen LogP contribution in [0.15, 0.2) is 68.0 Å². The Hall–Kier alpha value is -1.13. The van der Waals surface area contributed by atoms with E-state index in [0.29, 0.717) is 24.4 Å². The van der Waals surface area contributed by atoms with Gasteiger partial charge in [0.15, 0.2) is 17.3 Å². The molecule has 0 amide bonds. The molecule has 0 atom stereocenters. The maximum Gasteiger partial charge on any atom is 2.00 e. The average molecular weight is 1190 g/mol. The molecular weight excluding hydrogens is 1120 g/mol. The molecule has 0 unspecified atom stereocenters. The van der Waals surface area contributed by atoms with Crippen molar-refractivity contribution in [2.45, 2.75) is 147 Å². The van der Waals surface area contributed by atoms with Crippen LogP contribution in [0.5, 0.6) is 0 Å². The maximum absolute atomic E-state index is 12.8. The van der Waals surface area contributed by atoms with Crippen molar-refractivity contribution in [3.8, 4) is 0 Å². The third-order valence-electron chi connectivity index (χ3n) is 15.4. The van der Waals surface area contributed by atoms with Crippen LogP contribution >= 0.6 is 47.8 Å². The van der Waals surface area contributed by atoms with E-state index in [4.69, 9.17) is 14.2 Å². The van der Waals surface area contributed by atoms with Gasteiger partial charge in [-0.1, -0.05) is 66.0 Å². The number of rotatable bonds is 1. The number of carbonyl (C=O) groups excluding carboxylic acids is 4. The van der Waals surface area contributed by atoms with Crippen LogP contribution in [0.4, 0.5) is 0 Å². The Balaban J connectivity index is 0.000000194. The second-order valence-electron chi connectivity index (χ2n) is 20.1. The zero-order chi connectivity index (χ0) is 45.8. The van der Waals surface area contributed by atoms with Gasteiger partial charge in [-0.05, 0) is 176 Å². The summed E-state index contributed by atoms with van der Waals surface area (Å²) in [6.07, 6.45) is 17.2. The third kappa shape index (κ3) is 13.9. The van der Waals surface area contributed by atoms with Gasteiger partial charge in [-0.15, -0.1) is 0 Å². The number of benzene rings is 3. The predicted molar refractivity (Wildman–Crippen MR) is 273 cm³/mol. The van der Waals surface area contributed by atoms with Gasteiger partial charge in [0.05, 0.1) is 11.2 Å². The van der Waals surface area contributed by atoms with Crippen LogP contribution in [0.25, 0.3) is 0 Å².